The van der Waals surface area contributed by atoms with Gasteiger partial charge in [0.15, 0.2) is 0 Å². The second kappa shape index (κ2) is 8.32. The first-order valence-corrected chi connectivity index (χ1v) is 9.63. The van der Waals surface area contributed by atoms with Crippen LogP contribution < -0.4 is 5.32 Å². The molecule has 140 valence electrons. The lowest BCUT2D eigenvalue weighted by Crippen LogP contribution is -2.39. The minimum absolute atomic E-state index is 0.118. The van der Waals surface area contributed by atoms with Gasteiger partial charge in [0, 0.05) is 25.9 Å². The van der Waals surface area contributed by atoms with Crippen LogP contribution in [0, 0.1) is 19.8 Å². The average Bonchev–Trinajstić information content (AvgIpc) is 3.17. The van der Waals surface area contributed by atoms with Crippen LogP contribution in [0.15, 0.2) is 0 Å². The first kappa shape index (κ1) is 18.4. The molecule has 6 heteroatoms. The fourth-order valence-electron chi connectivity index (χ4n) is 4.11. The second-order valence-corrected chi connectivity index (χ2v) is 7.68. The summed E-state index contributed by atoms with van der Waals surface area (Å²) in [6, 6.07) is 0.123. The van der Waals surface area contributed by atoms with Crippen molar-refractivity contribution in [1.29, 1.82) is 0 Å². The van der Waals surface area contributed by atoms with Crippen LogP contribution >= 0.6 is 0 Å². The predicted molar refractivity (Wildman–Crippen MR) is 97.4 cm³/mol. The first-order valence-electron chi connectivity index (χ1n) is 9.63. The Balaban J connectivity index is 1.57. The molecule has 6 nitrogen and oxygen atoms in total. The molecule has 2 fully saturated rings. The number of aromatic nitrogens is 2. The molecule has 1 aliphatic heterocycles. The minimum Gasteiger partial charge on any atom is -0.380 e. The molecule has 1 aromatic heterocycles. The molecule has 2 heterocycles. The van der Waals surface area contributed by atoms with Gasteiger partial charge >= 0.3 is 0 Å². The molecule has 2 aliphatic rings. The third kappa shape index (κ3) is 4.61. The lowest BCUT2D eigenvalue weighted by Gasteiger charge is -2.24. The minimum atomic E-state index is 0.118. The van der Waals surface area contributed by atoms with Crippen molar-refractivity contribution in [3.8, 4) is 0 Å². The summed E-state index contributed by atoms with van der Waals surface area (Å²) in [6.45, 7) is 6.06. The Morgan fingerprint density at radius 2 is 2.08 bits per heavy atom. The van der Waals surface area contributed by atoms with E-state index in [0.29, 0.717) is 12.5 Å². The highest BCUT2D eigenvalue weighted by atomic mass is 16.5. The number of hydrogen-bond donors (Lipinski definition) is 2. The van der Waals surface area contributed by atoms with Crippen LogP contribution in [-0.4, -0.2) is 53.6 Å². The van der Waals surface area contributed by atoms with Crippen LogP contribution in [-0.2, 0) is 9.53 Å². The van der Waals surface area contributed by atoms with Crippen molar-refractivity contribution in [2.75, 3.05) is 26.7 Å². The van der Waals surface area contributed by atoms with Gasteiger partial charge in [-0.05, 0) is 39.0 Å². The molecular formula is C19H32N4O2. The quantitative estimate of drug-likeness (QED) is 0.829. The zero-order valence-electron chi connectivity index (χ0n) is 15.8. The van der Waals surface area contributed by atoms with Gasteiger partial charge in [0.2, 0.25) is 5.91 Å². The topological polar surface area (TPSA) is 70.2 Å². The van der Waals surface area contributed by atoms with Crippen LogP contribution in [0.1, 0.15) is 61.8 Å². The van der Waals surface area contributed by atoms with E-state index in [-0.39, 0.29) is 18.1 Å². The van der Waals surface area contributed by atoms with Crippen molar-refractivity contribution in [3.63, 3.8) is 0 Å². The number of H-pyrrole nitrogens is 1. The van der Waals surface area contributed by atoms with E-state index < -0.39 is 0 Å². The van der Waals surface area contributed by atoms with Crippen molar-refractivity contribution >= 4 is 5.91 Å². The SMILES string of the molecule is CO[C@@H]1C[C@@H](c2nc(C)c(C)[nH]2)N(CC(=O)NCC2CCCCC2)C1. The fraction of sp³-hybridized carbons (Fsp3) is 0.789. The highest BCUT2D eigenvalue weighted by Gasteiger charge is 2.36. The summed E-state index contributed by atoms with van der Waals surface area (Å²) in [5.74, 6) is 1.73. The smallest absolute Gasteiger partial charge is 0.234 e. The largest absolute Gasteiger partial charge is 0.380 e. The maximum absolute atomic E-state index is 12.5. The molecule has 2 atom stereocenters. The molecule has 25 heavy (non-hydrogen) atoms. The summed E-state index contributed by atoms with van der Waals surface area (Å²) in [7, 11) is 1.74. The van der Waals surface area contributed by atoms with E-state index in [4.69, 9.17) is 4.74 Å². The molecule has 0 unspecified atom stereocenters. The highest BCUT2D eigenvalue weighted by Crippen LogP contribution is 2.32. The normalized spacial score (nSPS) is 25.4. The molecule has 1 aromatic rings. The fourth-order valence-corrected chi connectivity index (χ4v) is 4.11. The van der Waals surface area contributed by atoms with E-state index in [9.17, 15) is 4.79 Å². The molecule has 0 bridgehead atoms. The van der Waals surface area contributed by atoms with Crippen LogP contribution in [0.25, 0.3) is 0 Å². The van der Waals surface area contributed by atoms with E-state index in [1.807, 2.05) is 13.8 Å². The number of aryl methyl sites for hydroxylation is 2. The van der Waals surface area contributed by atoms with Gasteiger partial charge in [-0.25, -0.2) is 4.98 Å². The lowest BCUT2D eigenvalue weighted by atomic mass is 9.89. The van der Waals surface area contributed by atoms with Crippen molar-refractivity contribution in [2.24, 2.45) is 5.92 Å². The molecule has 0 radical (unpaired) electrons. The highest BCUT2D eigenvalue weighted by molar-refractivity contribution is 5.78. The van der Waals surface area contributed by atoms with E-state index in [0.717, 1.165) is 36.7 Å². The number of amides is 1. The zero-order valence-corrected chi connectivity index (χ0v) is 15.8. The number of ether oxygens (including phenoxy) is 1. The van der Waals surface area contributed by atoms with Crippen molar-refractivity contribution in [3.05, 3.63) is 17.2 Å². The van der Waals surface area contributed by atoms with Crippen molar-refractivity contribution < 1.29 is 9.53 Å². The molecule has 1 aliphatic carbocycles. The monoisotopic (exact) mass is 348 g/mol. The Kier molecular flexibility index (Phi) is 6.12. The molecule has 0 spiro atoms. The van der Waals surface area contributed by atoms with Crippen molar-refractivity contribution in [1.82, 2.24) is 20.2 Å². The Morgan fingerprint density at radius 3 is 2.72 bits per heavy atom. The van der Waals surface area contributed by atoms with Gasteiger partial charge in [-0.15, -0.1) is 0 Å². The van der Waals surface area contributed by atoms with Crippen LogP contribution in [0.2, 0.25) is 0 Å². The van der Waals surface area contributed by atoms with E-state index >= 15 is 0 Å². The first-order chi connectivity index (χ1) is 12.1. The summed E-state index contributed by atoms with van der Waals surface area (Å²) in [6.07, 6.45) is 7.50. The van der Waals surface area contributed by atoms with Gasteiger partial charge in [-0.3, -0.25) is 9.69 Å². The van der Waals surface area contributed by atoms with Crippen molar-refractivity contribution in [2.45, 2.75) is 64.5 Å². The Hall–Kier alpha value is -1.40. The Bertz CT molecular complexity index is 560. The van der Waals surface area contributed by atoms with Crippen LogP contribution in [0.5, 0.6) is 0 Å². The number of imidazole rings is 1. The standard InChI is InChI=1S/C19H32N4O2/c1-13-14(2)22-19(21-13)17-9-16(25-3)11-23(17)12-18(24)20-10-15-7-5-4-6-8-15/h15-17H,4-12H2,1-3H3,(H,20,24)(H,21,22)/t16-,17+/m1/s1. The van der Waals surface area contributed by atoms with E-state index in [1.54, 1.807) is 7.11 Å². The molecular weight excluding hydrogens is 316 g/mol. The number of methoxy groups -OCH3 is 1. The summed E-state index contributed by atoms with van der Waals surface area (Å²) in [4.78, 5) is 22.7. The number of carbonyl (C=O) groups is 1. The number of hydrogen-bond acceptors (Lipinski definition) is 4. The summed E-state index contributed by atoms with van der Waals surface area (Å²) < 4.78 is 5.55. The maximum Gasteiger partial charge on any atom is 0.234 e. The average molecular weight is 348 g/mol. The third-order valence-corrected chi connectivity index (χ3v) is 5.82. The van der Waals surface area contributed by atoms with Gasteiger partial charge < -0.3 is 15.0 Å². The molecule has 1 amide bonds. The predicted octanol–water partition coefficient (Wildman–Crippen LogP) is 2.48. The molecule has 1 saturated carbocycles. The number of aromatic amines is 1. The number of carbonyl (C=O) groups excluding carboxylic acids is 1. The maximum atomic E-state index is 12.5. The van der Waals surface area contributed by atoms with E-state index in [2.05, 4.69) is 20.2 Å². The van der Waals surface area contributed by atoms with Gasteiger partial charge in [-0.1, -0.05) is 19.3 Å². The molecule has 3 rings (SSSR count). The molecule has 2 N–H and O–H groups in total. The van der Waals surface area contributed by atoms with Gasteiger partial charge in [0.25, 0.3) is 0 Å². The second-order valence-electron chi connectivity index (χ2n) is 7.68. The van der Waals surface area contributed by atoms with E-state index in [1.165, 1.54) is 32.1 Å². The number of nitrogens with one attached hydrogen (secondary N) is 2. The summed E-state index contributed by atoms with van der Waals surface area (Å²) in [5, 5.41) is 3.15. The molecule has 0 aromatic carbocycles. The summed E-state index contributed by atoms with van der Waals surface area (Å²) >= 11 is 0. The van der Waals surface area contributed by atoms with Gasteiger partial charge in [-0.2, -0.15) is 0 Å². The summed E-state index contributed by atoms with van der Waals surface area (Å²) in [5.41, 5.74) is 2.12. The Labute approximate surface area is 150 Å². The number of nitrogens with zero attached hydrogens (tertiary/aromatic N) is 2. The van der Waals surface area contributed by atoms with Gasteiger partial charge in [0.1, 0.15) is 5.82 Å². The van der Waals surface area contributed by atoms with Gasteiger partial charge in [0.05, 0.1) is 24.4 Å². The Morgan fingerprint density at radius 1 is 1.32 bits per heavy atom. The van der Waals surface area contributed by atoms with Crippen LogP contribution in [0.4, 0.5) is 0 Å². The number of rotatable bonds is 6. The zero-order chi connectivity index (χ0) is 17.8. The third-order valence-electron chi connectivity index (χ3n) is 5.82. The lowest BCUT2D eigenvalue weighted by molar-refractivity contribution is -0.122. The van der Waals surface area contributed by atoms with Crippen LogP contribution in [0.3, 0.4) is 0 Å². The number of likely N-dealkylation sites (tertiary alicyclic amines) is 1. The molecule has 1 saturated heterocycles.